The van der Waals surface area contributed by atoms with Crippen LogP contribution < -0.4 is 0 Å². The van der Waals surface area contributed by atoms with E-state index in [1.807, 2.05) is 0 Å². The molecule has 0 saturated heterocycles. The standard InChI is InChI=1S/C13H14F3NO/c14-13(15,16)12-10-9-4-6-1-2-7(9)5-8(3-6)11(10)18-17-12/h6-9H,1-5H2. The highest BCUT2D eigenvalue weighted by atomic mass is 19.4. The van der Waals surface area contributed by atoms with Gasteiger partial charge in [-0.25, -0.2) is 0 Å². The minimum absolute atomic E-state index is 0.0420. The molecule has 3 saturated carbocycles. The summed E-state index contributed by atoms with van der Waals surface area (Å²) in [4.78, 5) is 0. The molecule has 1 aromatic heterocycles. The monoisotopic (exact) mass is 257 g/mol. The van der Waals surface area contributed by atoms with Gasteiger partial charge in [0.05, 0.1) is 0 Å². The molecule has 0 aromatic carbocycles. The quantitative estimate of drug-likeness (QED) is 0.699. The van der Waals surface area contributed by atoms with Gasteiger partial charge < -0.3 is 4.52 Å². The van der Waals surface area contributed by atoms with Crippen molar-refractivity contribution in [3.05, 3.63) is 17.0 Å². The number of fused-ring (bicyclic) bond motifs is 1. The summed E-state index contributed by atoms with van der Waals surface area (Å²) in [6.45, 7) is 0. The van der Waals surface area contributed by atoms with Gasteiger partial charge in [-0.3, -0.25) is 0 Å². The van der Waals surface area contributed by atoms with Gasteiger partial charge in [-0.2, -0.15) is 13.2 Å². The Balaban J connectivity index is 1.89. The fraction of sp³-hybridized carbons (Fsp3) is 0.769. The van der Waals surface area contributed by atoms with E-state index in [-0.39, 0.29) is 11.8 Å². The molecule has 5 aliphatic rings. The molecule has 18 heavy (non-hydrogen) atoms. The first-order valence-electron chi connectivity index (χ1n) is 6.60. The third kappa shape index (κ3) is 1.33. The maximum Gasteiger partial charge on any atom is 0.437 e. The Hall–Kier alpha value is -1.00. The van der Waals surface area contributed by atoms with E-state index in [0.29, 0.717) is 23.2 Å². The largest absolute Gasteiger partial charge is 0.437 e. The van der Waals surface area contributed by atoms with E-state index in [1.54, 1.807) is 0 Å². The molecule has 0 N–H and O–H groups in total. The van der Waals surface area contributed by atoms with E-state index in [9.17, 15) is 13.2 Å². The molecule has 5 aliphatic carbocycles. The molecule has 98 valence electrons. The molecule has 0 radical (unpaired) electrons. The van der Waals surface area contributed by atoms with Crippen LogP contribution in [0, 0.1) is 11.8 Å². The molecular formula is C13H14F3NO. The highest BCUT2D eigenvalue weighted by molar-refractivity contribution is 5.37. The number of hydrogen-bond acceptors (Lipinski definition) is 2. The van der Waals surface area contributed by atoms with Crippen molar-refractivity contribution >= 4 is 0 Å². The molecule has 0 aliphatic heterocycles. The molecule has 2 nitrogen and oxygen atoms in total. The van der Waals surface area contributed by atoms with Crippen LogP contribution in [0.15, 0.2) is 4.52 Å². The molecule has 6 rings (SSSR count). The van der Waals surface area contributed by atoms with Crippen LogP contribution in [0.2, 0.25) is 0 Å². The van der Waals surface area contributed by atoms with E-state index in [1.165, 1.54) is 6.42 Å². The van der Waals surface area contributed by atoms with Crippen molar-refractivity contribution in [1.82, 2.24) is 5.16 Å². The molecule has 4 atom stereocenters. The number of halogens is 3. The summed E-state index contributed by atoms with van der Waals surface area (Å²) in [6.07, 6.45) is 0.775. The fourth-order valence-electron chi connectivity index (χ4n) is 4.42. The Kier molecular flexibility index (Phi) is 2.00. The average Bonchev–Trinajstić information content (AvgIpc) is 2.52. The molecule has 4 unspecified atom stereocenters. The summed E-state index contributed by atoms with van der Waals surface area (Å²) >= 11 is 0. The van der Waals surface area contributed by atoms with Crippen molar-refractivity contribution in [2.24, 2.45) is 11.8 Å². The molecule has 1 aromatic rings. The van der Waals surface area contributed by atoms with Gasteiger partial charge in [0.25, 0.3) is 0 Å². The summed E-state index contributed by atoms with van der Waals surface area (Å²) in [5.41, 5.74) is -0.342. The van der Waals surface area contributed by atoms with Crippen molar-refractivity contribution in [2.75, 3.05) is 0 Å². The Morgan fingerprint density at radius 1 is 1.11 bits per heavy atom. The Morgan fingerprint density at radius 2 is 1.94 bits per heavy atom. The van der Waals surface area contributed by atoms with Crippen LogP contribution in [0.25, 0.3) is 0 Å². The van der Waals surface area contributed by atoms with E-state index in [2.05, 4.69) is 5.16 Å². The van der Waals surface area contributed by atoms with Crippen LogP contribution in [0.3, 0.4) is 0 Å². The van der Waals surface area contributed by atoms with Gasteiger partial charge in [0.2, 0.25) is 0 Å². The summed E-state index contributed by atoms with van der Waals surface area (Å²) in [7, 11) is 0. The fourth-order valence-corrected chi connectivity index (χ4v) is 4.42. The van der Waals surface area contributed by atoms with Crippen molar-refractivity contribution in [3.8, 4) is 0 Å². The van der Waals surface area contributed by atoms with Gasteiger partial charge in [0.15, 0.2) is 5.69 Å². The van der Waals surface area contributed by atoms with E-state index in [0.717, 1.165) is 25.7 Å². The minimum Gasteiger partial charge on any atom is -0.360 e. The maximum atomic E-state index is 13.0. The van der Waals surface area contributed by atoms with Crippen LogP contribution in [0.5, 0.6) is 0 Å². The Bertz CT molecular complexity index is 491. The lowest BCUT2D eigenvalue weighted by molar-refractivity contribution is -0.143. The first-order valence-corrected chi connectivity index (χ1v) is 6.60. The topological polar surface area (TPSA) is 26.0 Å². The summed E-state index contributed by atoms with van der Waals surface area (Å²) in [5, 5.41) is 3.34. The minimum atomic E-state index is -4.37. The summed E-state index contributed by atoms with van der Waals surface area (Å²) in [5.74, 6) is 1.78. The van der Waals surface area contributed by atoms with Gasteiger partial charge in [-0.15, -0.1) is 0 Å². The molecule has 1 heterocycles. The van der Waals surface area contributed by atoms with Gasteiger partial charge in [-0.05, 0) is 43.4 Å². The maximum absolute atomic E-state index is 13.0. The average molecular weight is 257 g/mol. The second-order valence-corrected chi connectivity index (χ2v) is 6.02. The zero-order valence-electron chi connectivity index (χ0n) is 9.83. The molecule has 5 heteroatoms. The first kappa shape index (κ1) is 10.9. The summed E-state index contributed by atoms with van der Waals surface area (Å²) in [6, 6.07) is 0. The number of rotatable bonds is 0. The van der Waals surface area contributed by atoms with E-state index >= 15 is 0 Å². The lowest BCUT2D eigenvalue weighted by atomic mass is 9.69. The van der Waals surface area contributed by atoms with Gasteiger partial charge in [-0.1, -0.05) is 11.6 Å². The SMILES string of the molecule is FC(F)(F)c1noc2c1C1CC3CCC1CC2C3. The van der Waals surface area contributed by atoms with Crippen LogP contribution in [-0.2, 0) is 6.18 Å². The normalized spacial score (nSPS) is 37.7. The zero-order chi connectivity index (χ0) is 12.5. The first-order chi connectivity index (χ1) is 8.54. The zero-order valence-corrected chi connectivity index (χ0v) is 9.83. The van der Waals surface area contributed by atoms with Crippen molar-refractivity contribution in [2.45, 2.75) is 50.1 Å². The predicted molar refractivity (Wildman–Crippen MR) is 57.1 cm³/mol. The van der Waals surface area contributed by atoms with Crippen molar-refractivity contribution in [3.63, 3.8) is 0 Å². The molecular weight excluding hydrogens is 243 g/mol. The molecule has 3 fully saturated rings. The van der Waals surface area contributed by atoms with E-state index < -0.39 is 11.9 Å². The lowest BCUT2D eigenvalue weighted by Crippen LogP contribution is -2.25. The van der Waals surface area contributed by atoms with Gasteiger partial charge >= 0.3 is 6.18 Å². The second kappa shape index (κ2) is 3.31. The molecule has 0 amide bonds. The third-order valence-corrected chi connectivity index (χ3v) is 5.07. The number of hydrogen-bond donors (Lipinski definition) is 0. The highest BCUT2D eigenvalue weighted by Crippen LogP contribution is 2.59. The van der Waals surface area contributed by atoms with Crippen LogP contribution >= 0.6 is 0 Å². The van der Waals surface area contributed by atoms with Gasteiger partial charge in [0, 0.05) is 11.5 Å². The van der Waals surface area contributed by atoms with Crippen LogP contribution in [0.4, 0.5) is 13.2 Å². The number of nitrogens with zero attached hydrogens (tertiary/aromatic N) is 1. The highest BCUT2D eigenvalue weighted by Gasteiger charge is 2.51. The third-order valence-electron chi connectivity index (χ3n) is 5.07. The van der Waals surface area contributed by atoms with Crippen molar-refractivity contribution in [1.29, 1.82) is 0 Å². The number of aromatic nitrogens is 1. The van der Waals surface area contributed by atoms with Crippen molar-refractivity contribution < 1.29 is 17.7 Å². The predicted octanol–water partition coefficient (Wildman–Crippen LogP) is 4.08. The number of alkyl halides is 3. The Labute approximate surface area is 103 Å². The lowest BCUT2D eigenvalue weighted by Gasteiger charge is -2.34. The Morgan fingerprint density at radius 3 is 2.72 bits per heavy atom. The second-order valence-electron chi connectivity index (χ2n) is 6.02. The molecule has 4 bridgehead atoms. The van der Waals surface area contributed by atoms with E-state index in [4.69, 9.17) is 4.52 Å². The smallest absolute Gasteiger partial charge is 0.360 e. The van der Waals surface area contributed by atoms with Crippen LogP contribution in [-0.4, -0.2) is 5.16 Å². The molecule has 0 spiro atoms. The van der Waals surface area contributed by atoms with Gasteiger partial charge in [0.1, 0.15) is 5.76 Å². The van der Waals surface area contributed by atoms with Crippen LogP contribution in [0.1, 0.15) is 61.0 Å². The summed E-state index contributed by atoms with van der Waals surface area (Å²) < 4.78 is 44.0.